The first-order valence-electron chi connectivity index (χ1n) is 13.5. The van der Waals surface area contributed by atoms with E-state index in [9.17, 15) is 0 Å². The third-order valence-corrected chi connectivity index (χ3v) is 7.46. The molecule has 1 aliphatic carbocycles. The molecule has 3 heteroatoms. The molecular weight excluding hydrogens is 653 g/mol. The van der Waals surface area contributed by atoms with Crippen molar-refractivity contribution in [1.29, 1.82) is 0 Å². The molecule has 7 rings (SSSR count). The summed E-state index contributed by atoms with van der Waals surface area (Å²) in [5, 5.41) is 5.08. The number of fused-ring (bicyclic) bond motifs is 3. The standard InChI is InChI=1S/C25H22N.C11H8N.Ir/c1-2-6-18(7-3-1)20-14-15-26-25(17-20)22-12-13-24-21(16-22)11-10-19-8-4-5-9-23(19)24;1-2-6-10(7-3-1)11-8-4-5-9-12-11;/h4-5,8-11,13-18H,1-3,6-7H2;1-6,8-9H;/q2*-1;. The molecule has 2 aromatic heterocycles. The molecule has 4 aromatic carbocycles. The van der Waals surface area contributed by atoms with E-state index in [1.165, 1.54) is 59.2 Å². The smallest absolute Gasteiger partial charge is 0.0163 e. The van der Waals surface area contributed by atoms with Crippen molar-refractivity contribution in [3.8, 4) is 22.5 Å². The molecule has 2 heterocycles. The Hall–Kier alpha value is -3.65. The normalized spacial score (nSPS) is 13.3. The maximum Gasteiger partial charge on any atom is 0.0163 e. The van der Waals surface area contributed by atoms with Gasteiger partial charge in [0.05, 0.1) is 0 Å². The maximum absolute atomic E-state index is 4.64. The Morgan fingerprint density at radius 2 is 1.38 bits per heavy atom. The molecule has 1 aliphatic rings. The van der Waals surface area contributed by atoms with E-state index in [0.717, 1.165) is 22.5 Å². The Balaban J connectivity index is 0.000000200. The molecule has 0 aliphatic heterocycles. The average molecular weight is 683 g/mol. The van der Waals surface area contributed by atoms with Crippen LogP contribution in [0, 0.1) is 12.1 Å². The van der Waals surface area contributed by atoms with Crippen LogP contribution >= 0.6 is 0 Å². The van der Waals surface area contributed by atoms with Gasteiger partial charge in [0.2, 0.25) is 0 Å². The predicted octanol–water partition coefficient (Wildman–Crippen LogP) is 9.45. The van der Waals surface area contributed by atoms with Crippen LogP contribution < -0.4 is 0 Å². The van der Waals surface area contributed by atoms with E-state index in [1.54, 1.807) is 6.20 Å². The van der Waals surface area contributed by atoms with Crippen LogP contribution in [-0.4, -0.2) is 9.97 Å². The third kappa shape index (κ3) is 6.33. The molecule has 0 atom stereocenters. The molecule has 0 N–H and O–H groups in total. The van der Waals surface area contributed by atoms with Crippen molar-refractivity contribution in [2.45, 2.75) is 38.0 Å². The Morgan fingerprint density at radius 1 is 0.590 bits per heavy atom. The minimum atomic E-state index is 0. The van der Waals surface area contributed by atoms with Crippen molar-refractivity contribution >= 4 is 21.5 Å². The molecule has 2 nitrogen and oxygen atoms in total. The van der Waals surface area contributed by atoms with Gasteiger partial charge in [-0.25, -0.2) is 0 Å². The topological polar surface area (TPSA) is 25.8 Å². The molecule has 6 aromatic rings. The molecule has 0 amide bonds. The van der Waals surface area contributed by atoms with Gasteiger partial charge in [-0.05, 0) is 47.7 Å². The van der Waals surface area contributed by atoms with Gasteiger partial charge in [0, 0.05) is 32.5 Å². The quantitative estimate of drug-likeness (QED) is 0.137. The van der Waals surface area contributed by atoms with Crippen molar-refractivity contribution in [1.82, 2.24) is 9.97 Å². The van der Waals surface area contributed by atoms with Gasteiger partial charge >= 0.3 is 0 Å². The summed E-state index contributed by atoms with van der Waals surface area (Å²) in [7, 11) is 0. The Bertz CT molecular complexity index is 1600. The number of rotatable bonds is 3. The van der Waals surface area contributed by atoms with Gasteiger partial charge in [0.1, 0.15) is 0 Å². The van der Waals surface area contributed by atoms with Crippen LogP contribution in [0.25, 0.3) is 44.1 Å². The zero-order valence-corrected chi connectivity index (χ0v) is 24.2. The van der Waals surface area contributed by atoms with E-state index in [-0.39, 0.29) is 20.1 Å². The van der Waals surface area contributed by atoms with Gasteiger partial charge in [-0.3, -0.25) is 0 Å². The van der Waals surface area contributed by atoms with Crippen LogP contribution in [0.15, 0.2) is 116 Å². The zero-order valence-electron chi connectivity index (χ0n) is 21.8. The van der Waals surface area contributed by atoms with E-state index < -0.39 is 0 Å². The third-order valence-electron chi connectivity index (χ3n) is 7.46. The summed E-state index contributed by atoms with van der Waals surface area (Å²) in [4.78, 5) is 8.86. The summed E-state index contributed by atoms with van der Waals surface area (Å²) in [5.74, 6) is 0.704. The number of hydrogen-bond donors (Lipinski definition) is 0. The second kappa shape index (κ2) is 12.9. The van der Waals surface area contributed by atoms with Crippen molar-refractivity contribution in [2.24, 2.45) is 0 Å². The number of hydrogen-bond acceptors (Lipinski definition) is 2. The van der Waals surface area contributed by atoms with Crippen molar-refractivity contribution in [3.63, 3.8) is 0 Å². The summed E-state index contributed by atoms with van der Waals surface area (Å²) in [6.45, 7) is 0. The van der Waals surface area contributed by atoms with Crippen LogP contribution in [0.3, 0.4) is 0 Å². The number of nitrogens with zero attached hydrogens (tertiary/aromatic N) is 2. The van der Waals surface area contributed by atoms with Crippen molar-refractivity contribution in [2.75, 3.05) is 0 Å². The van der Waals surface area contributed by atoms with E-state index in [2.05, 4.69) is 82.8 Å². The second-order valence-corrected chi connectivity index (χ2v) is 9.94. The maximum atomic E-state index is 4.64. The van der Waals surface area contributed by atoms with Crippen LogP contribution in [0.5, 0.6) is 0 Å². The largest absolute Gasteiger partial charge is 0.305 e. The zero-order chi connectivity index (χ0) is 25.6. The Labute approximate surface area is 244 Å². The van der Waals surface area contributed by atoms with E-state index >= 15 is 0 Å². The molecule has 1 radical (unpaired) electrons. The first-order valence-corrected chi connectivity index (χ1v) is 13.5. The molecule has 0 unspecified atom stereocenters. The van der Waals surface area contributed by atoms with Gasteiger partial charge in [-0.2, -0.15) is 0 Å². The number of aromatic nitrogens is 2. The summed E-state index contributed by atoms with van der Waals surface area (Å²) in [6.07, 6.45) is 10.5. The summed E-state index contributed by atoms with van der Waals surface area (Å²) in [6, 6.07) is 42.1. The van der Waals surface area contributed by atoms with Crippen LogP contribution in [0.2, 0.25) is 0 Å². The molecule has 0 bridgehead atoms. The average Bonchev–Trinajstić information content (AvgIpc) is 3.02. The van der Waals surface area contributed by atoms with E-state index in [0.29, 0.717) is 5.92 Å². The van der Waals surface area contributed by atoms with Crippen LogP contribution in [-0.2, 0) is 20.1 Å². The van der Waals surface area contributed by atoms with Gasteiger partial charge in [0.25, 0.3) is 0 Å². The molecule has 0 spiro atoms. The Kier molecular flexibility index (Phi) is 8.93. The fourth-order valence-electron chi connectivity index (χ4n) is 5.45. The van der Waals surface area contributed by atoms with Crippen molar-refractivity contribution in [3.05, 3.63) is 133 Å². The summed E-state index contributed by atoms with van der Waals surface area (Å²) < 4.78 is 0. The molecule has 39 heavy (non-hydrogen) atoms. The SMILES string of the molecule is [Ir].[c-]1cc2c(ccc3ccccc32)cc1-c1cc(C2CCCCC2)ccn1.[c-]1ccccc1-c1ccccn1. The molecule has 1 fully saturated rings. The first kappa shape index (κ1) is 26.9. The fourth-order valence-corrected chi connectivity index (χ4v) is 5.45. The molecule has 1 saturated carbocycles. The summed E-state index contributed by atoms with van der Waals surface area (Å²) in [5.41, 5.74) is 5.59. The molecule has 195 valence electrons. The minimum Gasteiger partial charge on any atom is -0.305 e. The van der Waals surface area contributed by atoms with E-state index in [4.69, 9.17) is 0 Å². The monoisotopic (exact) mass is 683 g/mol. The predicted molar refractivity (Wildman–Crippen MR) is 158 cm³/mol. The van der Waals surface area contributed by atoms with Crippen LogP contribution in [0.1, 0.15) is 43.6 Å². The van der Waals surface area contributed by atoms with Gasteiger partial charge < -0.3 is 9.97 Å². The number of benzene rings is 4. The van der Waals surface area contributed by atoms with Gasteiger partial charge in [0.15, 0.2) is 0 Å². The Morgan fingerprint density at radius 3 is 2.21 bits per heavy atom. The first-order chi connectivity index (χ1) is 18.8. The molecular formula is C36H30IrN2-2. The molecule has 0 saturated heterocycles. The van der Waals surface area contributed by atoms with Gasteiger partial charge in [-0.15, -0.1) is 65.0 Å². The van der Waals surface area contributed by atoms with Crippen LogP contribution in [0.4, 0.5) is 0 Å². The van der Waals surface area contributed by atoms with Crippen molar-refractivity contribution < 1.29 is 20.1 Å². The van der Waals surface area contributed by atoms with E-state index in [1.807, 2.05) is 48.7 Å². The van der Waals surface area contributed by atoms with Gasteiger partial charge in [-0.1, -0.05) is 90.2 Å². The summed E-state index contributed by atoms with van der Waals surface area (Å²) >= 11 is 0. The number of pyridine rings is 2. The minimum absolute atomic E-state index is 0. The second-order valence-electron chi connectivity index (χ2n) is 9.94. The fraction of sp³-hybridized carbons (Fsp3) is 0.167.